The van der Waals surface area contributed by atoms with Crippen LogP contribution in [0.25, 0.3) is 5.69 Å². The summed E-state index contributed by atoms with van der Waals surface area (Å²) in [6, 6.07) is 14.1. The molecule has 0 aliphatic carbocycles. The maximum Gasteiger partial charge on any atom is 0.272 e. The minimum Gasteiger partial charge on any atom is -0.497 e. The standard InChI is InChI=1S/C21H22N4O5/c1-28-16-6-4-15(5-7-16)25-10-9-17(24-25)21(27)23-12-14-3-8-18(19(11-14)29-2)30-13-20(22)26/h3-11H,12-13H2,1-2H3,(H2,22,26)(H,23,27). The van der Waals surface area contributed by atoms with Crippen molar-refractivity contribution >= 4 is 11.8 Å². The van der Waals surface area contributed by atoms with Crippen LogP contribution in [0.4, 0.5) is 0 Å². The van der Waals surface area contributed by atoms with Crippen LogP contribution in [-0.4, -0.2) is 42.4 Å². The van der Waals surface area contributed by atoms with Gasteiger partial charge in [-0.05, 0) is 48.0 Å². The molecule has 0 fully saturated rings. The Morgan fingerprint density at radius 1 is 1.03 bits per heavy atom. The summed E-state index contributed by atoms with van der Waals surface area (Å²) in [6.45, 7) is 0.0178. The first kappa shape index (κ1) is 20.7. The van der Waals surface area contributed by atoms with Crippen LogP contribution in [0.1, 0.15) is 16.1 Å². The predicted molar refractivity (Wildman–Crippen MR) is 109 cm³/mol. The number of methoxy groups -OCH3 is 2. The Bertz CT molecular complexity index is 1030. The number of benzene rings is 2. The van der Waals surface area contributed by atoms with Crippen molar-refractivity contribution in [2.24, 2.45) is 5.73 Å². The molecule has 0 saturated heterocycles. The van der Waals surface area contributed by atoms with E-state index in [1.807, 2.05) is 24.3 Å². The van der Waals surface area contributed by atoms with Gasteiger partial charge in [0.2, 0.25) is 0 Å². The summed E-state index contributed by atoms with van der Waals surface area (Å²) < 4.78 is 17.3. The second-order valence-electron chi connectivity index (χ2n) is 6.27. The van der Waals surface area contributed by atoms with Crippen molar-refractivity contribution in [1.29, 1.82) is 0 Å². The molecule has 2 aromatic carbocycles. The summed E-state index contributed by atoms with van der Waals surface area (Å²) in [5.41, 5.74) is 6.98. The van der Waals surface area contributed by atoms with Crippen molar-refractivity contribution in [2.75, 3.05) is 20.8 Å². The molecule has 2 amide bonds. The number of aromatic nitrogens is 2. The lowest BCUT2D eigenvalue weighted by atomic mass is 10.2. The third-order valence-electron chi connectivity index (χ3n) is 4.21. The summed E-state index contributed by atoms with van der Waals surface area (Å²) in [4.78, 5) is 23.3. The lowest BCUT2D eigenvalue weighted by Gasteiger charge is -2.11. The van der Waals surface area contributed by atoms with Crippen LogP contribution in [0.3, 0.4) is 0 Å². The van der Waals surface area contributed by atoms with Crippen molar-refractivity contribution in [2.45, 2.75) is 6.54 Å². The molecule has 30 heavy (non-hydrogen) atoms. The fourth-order valence-corrected chi connectivity index (χ4v) is 2.69. The molecule has 0 radical (unpaired) electrons. The molecular formula is C21H22N4O5. The third-order valence-corrected chi connectivity index (χ3v) is 4.21. The Hall–Kier alpha value is -4.01. The van der Waals surface area contributed by atoms with Gasteiger partial charge in [0, 0.05) is 12.7 Å². The fourth-order valence-electron chi connectivity index (χ4n) is 2.69. The van der Waals surface area contributed by atoms with Crippen LogP contribution in [0.5, 0.6) is 17.2 Å². The molecule has 0 spiro atoms. The zero-order chi connectivity index (χ0) is 21.5. The number of hydrogen-bond acceptors (Lipinski definition) is 6. The van der Waals surface area contributed by atoms with Gasteiger partial charge in [0.15, 0.2) is 23.8 Å². The largest absolute Gasteiger partial charge is 0.497 e. The van der Waals surface area contributed by atoms with E-state index in [9.17, 15) is 9.59 Å². The van der Waals surface area contributed by atoms with Crippen LogP contribution in [0.15, 0.2) is 54.7 Å². The van der Waals surface area contributed by atoms with E-state index in [1.54, 1.807) is 42.3 Å². The number of hydrogen-bond donors (Lipinski definition) is 2. The Morgan fingerprint density at radius 3 is 2.47 bits per heavy atom. The van der Waals surface area contributed by atoms with E-state index in [2.05, 4.69) is 10.4 Å². The third kappa shape index (κ3) is 5.07. The monoisotopic (exact) mass is 410 g/mol. The van der Waals surface area contributed by atoms with Crippen molar-refractivity contribution in [3.05, 3.63) is 66.0 Å². The highest BCUT2D eigenvalue weighted by atomic mass is 16.5. The topological polar surface area (TPSA) is 118 Å². The van der Waals surface area contributed by atoms with Gasteiger partial charge in [-0.25, -0.2) is 4.68 Å². The Labute approximate surface area is 173 Å². The normalized spacial score (nSPS) is 10.3. The molecule has 0 aliphatic heterocycles. The number of nitrogens with zero attached hydrogens (tertiary/aromatic N) is 2. The highest BCUT2D eigenvalue weighted by Crippen LogP contribution is 2.28. The van der Waals surface area contributed by atoms with Crippen LogP contribution >= 0.6 is 0 Å². The van der Waals surface area contributed by atoms with Gasteiger partial charge in [0.05, 0.1) is 19.9 Å². The molecule has 1 aromatic heterocycles. The van der Waals surface area contributed by atoms with Gasteiger partial charge in [-0.2, -0.15) is 5.10 Å². The lowest BCUT2D eigenvalue weighted by molar-refractivity contribution is -0.119. The number of ether oxygens (including phenoxy) is 3. The van der Waals surface area contributed by atoms with Crippen molar-refractivity contribution in [3.63, 3.8) is 0 Å². The maximum atomic E-state index is 12.4. The van der Waals surface area contributed by atoms with Gasteiger partial charge in [0.25, 0.3) is 11.8 Å². The number of primary amides is 1. The Kier molecular flexibility index (Phi) is 6.53. The predicted octanol–water partition coefficient (Wildman–Crippen LogP) is 1.68. The number of carbonyl (C=O) groups is 2. The van der Waals surface area contributed by atoms with E-state index < -0.39 is 5.91 Å². The minimum absolute atomic E-state index is 0.247. The Morgan fingerprint density at radius 2 is 1.80 bits per heavy atom. The molecule has 9 heteroatoms. The van der Waals surface area contributed by atoms with Crippen LogP contribution in [0, 0.1) is 0 Å². The zero-order valence-electron chi connectivity index (χ0n) is 16.6. The summed E-state index contributed by atoms with van der Waals surface area (Å²) in [5, 5.41) is 7.13. The average Bonchev–Trinajstić information content (AvgIpc) is 3.26. The van der Waals surface area contributed by atoms with Crippen molar-refractivity contribution in [3.8, 4) is 22.9 Å². The molecule has 1 heterocycles. The van der Waals surface area contributed by atoms with Gasteiger partial charge in [-0.15, -0.1) is 0 Å². The number of carbonyl (C=O) groups excluding carboxylic acids is 2. The molecular weight excluding hydrogens is 388 g/mol. The summed E-state index contributed by atoms with van der Waals surface area (Å²) in [6.07, 6.45) is 1.71. The van der Waals surface area contributed by atoms with Gasteiger partial charge in [0.1, 0.15) is 5.75 Å². The molecule has 3 aromatic rings. The van der Waals surface area contributed by atoms with E-state index >= 15 is 0 Å². The molecule has 9 nitrogen and oxygen atoms in total. The van der Waals surface area contributed by atoms with Gasteiger partial charge < -0.3 is 25.3 Å². The van der Waals surface area contributed by atoms with Gasteiger partial charge in [-0.1, -0.05) is 6.07 Å². The molecule has 3 rings (SSSR count). The van der Waals surface area contributed by atoms with E-state index in [4.69, 9.17) is 19.9 Å². The zero-order valence-corrected chi connectivity index (χ0v) is 16.6. The number of nitrogens with one attached hydrogen (secondary N) is 1. The second-order valence-corrected chi connectivity index (χ2v) is 6.27. The smallest absolute Gasteiger partial charge is 0.272 e. The van der Waals surface area contributed by atoms with E-state index in [0.29, 0.717) is 17.2 Å². The van der Waals surface area contributed by atoms with Gasteiger partial charge >= 0.3 is 0 Å². The quantitative estimate of drug-likeness (QED) is 0.554. The summed E-state index contributed by atoms with van der Waals surface area (Å²) in [5.74, 6) is 0.680. The summed E-state index contributed by atoms with van der Waals surface area (Å²) in [7, 11) is 3.09. The van der Waals surface area contributed by atoms with Gasteiger partial charge in [-0.3, -0.25) is 9.59 Å². The first-order chi connectivity index (χ1) is 14.5. The molecule has 0 atom stereocenters. The lowest BCUT2D eigenvalue weighted by Crippen LogP contribution is -2.23. The van der Waals surface area contributed by atoms with Crippen molar-refractivity contribution in [1.82, 2.24) is 15.1 Å². The molecule has 0 unspecified atom stereocenters. The van der Waals surface area contributed by atoms with Crippen LogP contribution in [-0.2, 0) is 11.3 Å². The first-order valence-electron chi connectivity index (χ1n) is 9.06. The first-order valence-corrected chi connectivity index (χ1v) is 9.06. The van der Waals surface area contributed by atoms with E-state index in [0.717, 1.165) is 17.0 Å². The average molecular weight is 410 g/mol. The van der Waals surface area contributed by atoms with Crippen molar-refractivity contribution < 1.29 is 23.8 Å². The molecule has 156 valence electrons. The number of amides is 2. The minimum atomic E-state index is -0.581. The highest BCUT2D eigenvalue weighted by Gasteiger charge is 2.12. The Balaban J connectivity index is 1.62. The molecule has 0 saturated carbocycles. The van der Waals surface area contributed by atoms with E-state index in [1.165, 1.54) is 7.11 Å². The molecule has 3 N–H and O–H groups in total. The fraction of sp³-hybridized carbons (Fsp3) is 0.190. The number of rotatable bonds is 9. The summed E-state index contributed by atoms with van der Waals surface area (Å²) >= 11 is 0. The van der Waals surface area contributed by atoms with E-state index in [-0.39, 0.29) is 19.1 Å². The molecule has 0 aliphatic rings. The van der Waals surface area contributed by atoms with Crippen LogP contribution < -0.4 is 25.3 Å². The number of nitrogens with two attached hydrogens (primary N) is 1. The second kappa shape index (κ2) is 9.46. The van der Waals surface area contributed by atoms with Crippen LogP contribution in [0.2, 0.25) is 0 Å². The highest BCUT2D eigenvalue weighted by molar-refractivity contribution is 5.92. The molecule has 0 bridgehead atoms. The SMILES string of the molecule is COc1ccc(-n2ccc(C(=O)NCc3ccc(OCC(N)=O)c(OC)c3)n2)cc1. The maximum absolute atomic E-state index is 12.4.